The monoisotopic (exact) mass is 384 g/mol. The standard InChI is InChI=1S/C19H20N4O5/c24-18(20-15-2-3-15)13-1-4-16(17(11-13)23(26)27)21-6-8-22(9-7-21)19(25)14-5-10-28-12-14/h1,4-5,10-12,15H,2-3,6-9H2,(H,20,24). The molecule has 0 unspecified atom stereocenters. The van der Waals surface area contributed by atoms with Gasteiger partial charge in [-0.15, -0.1) is 0 Å². The highest BCUT2D eigenvalue weighted by Crippen LogP contribution is 2.30. The highest BCUT2D eigenvalue weighted by Gasteiger charge is 2.29. The maximum atomic E-state index is 12.4. The summed E-state index contributed by atoms with van der Waals surface area (Å²) >= 11 is 0. The Kier molecular flexibility index (Phi) is 4.72. The molecule has 28 heavy (non-hydrogen) atoms. The third kappa shape index (κ3) is 3.68. The van der Waals surface area contributed by atoms with Crippen molar-refractivity contribution in [2.75, 3.05) is 31.1 Å². The number of benzene rings is 1. The number of carbonyl (C=O) groups excluding carboxylic acids is 2. The van der Waals surface area contributed by atoms with Crippen molar-refractivity contribution < 1.29 is 18.9 Å². The number of rotatable bonds is 5. The Morgan fingerprint density at radius 1 is 1.11 bits per heavy atom. The molecule has 2 fully saturated rings. The lowest BCUT2D eigenvalue weighted by molar-refractivity contribution is -0.384. The van der Waals surface area contributed by atoms with Crippen molar-refractivity contribution in [2.45, 2.75) is 18.9 Å². The minimum Gasteiger partial charge on any atom is -0.472 e. The number of nitrogens with one attached hydrogen (secondary N) is 1. The van der Waals surface area contributed by atoms with Crippen molar-refractivity contribution in [1.29, 1.82) is 0 Å². The molecule has 0 spiro atoms. The summed E-state index contributed by atoms with van der Waals surface area (Å²) in [7, 11) is 0. The molecule has 2 aliphatic rings. The minimum absolute atomic E-state index is 0.0990. The minimum atomic E-state index is -0.466. The van der Waals surface area contributed by atoms with E-state index in [0.29, 0.717) is 37.4 Å². The van der Waals surface area contributed by atoms with Gasteiger partial charge < -0.3 is 19.5 Å². The van der Waals surface area contributed by atoms with Crippen molar-refractivity contribution >= 4 is 23.2 Å². The fourth-order valence-corrected chi connectivity index (χ4v) is 3.29. The molecule has 1 aliphatic carbocycles. The first-order valence-electron chi connectivity index (χ1n) is 9.18. The average molecular weight is 384 g/mol. The number of furan rings is 1. The summed E-state index contributed by atoms with van der Waals surface area (Å²) in [5, 5.41) is 14.4. The van der Waals surface area contributed by atoms with E-state index in [1.807, 2.05) is 4.90 Å². The molecule has 1 aliphatic heterocycles. The van der Waals surface area contributed by atoms with Crippen molar-refractivity contribution in [3.05, 3.63) is 58.0 Å². The van der Waals surface area contributed by atoms with Gasteiger partial charge in [0.25, 0.3) is 17.5 Å². The van der Waals surface area contributed by atoms with Crippen LogP contribution < -0.4 is 10.2 Å². The molecular formula is C19H20N4O5. The number of carbonyl (C=O) groups is 2. The summed E-state index contributed by atoms with van der Waals surface area (Å²) in [6.07, 6.45) is 4.76. The highest BCUT2D eigenvalue weighted by molar-refractivity contribution is 5.96. The molecule has 9 nitrogen and oxygen atoms in total. The van der Waals surface area contributed by atoms with E-state index in [-0.39, 0.29) is 29.1 Å². The fraction of sp³-hybridized carbons (Fsp3) is 0.368. The van der Waals surface area contributed by atoms with E-state index in [9.17, 15) is 19.7 Å². The van der Waals surface area contributed by atoms with E-state index in [0.717, 1.165) is 12.8 Å². The Balaban J connectivity index is 1.47. The smallest absolute Gasteiger partial charge is 0.293 e. The van der Waals surface area contributed by atoms with Gasteiger partial charge in [0.15, 0.2) is 0 Å². The number of hydrogen-bond donors (Lipinski definition) is 1. The number of anilines is 1. The Hall–Kier alpha value is -3.36. The van der Waals surface area contributed by atoms with Crippen LogP contribution in [0.1, 0.15) is 33.6 Å². The molecule has 2 aromatic rings. The molecule has 2 amide bonds. The summed E-state index contributed by atoms with van der Waals surface area (Å²) in [5.74, 6) is -0.400. The summed E-state index contributed by atoms with van der Waals surface area (Å²) in [5.41, 5.74) is 1.14. The van der Waals surface area contributed by atoms with Crippen LogP contribution in [0.4, 0.5) is 11.4 Å². The number of nitro benzene ring substituents is 1. The first-order valence-corrected chi connectivity index (χ1v) is 9.18. The summed E-state index contributed by atoms with van der Waals surface area (Å²) in [6, 6.07) is 6.37. The zero-order chi connectivity index (χ0) is 19.7. The first kappa shape index (κ1) is 18.0. The van der Waals surface area contributed by atoms with Crippen molar-refractivity contribution in [3.63, 3.8) is 0 Å². The predicted molar refractivity (Wildman–Crippen MR) is 100 cm³/mol. The van der Waals surface area contributed by atoms with Crippen LogP contribution in [0.5, 0.6) is 0 Å². The third-order valence-corrected chi connectivity index (χ3v) is 5.02. The first-order chi connectivity index (χ1) is 13.5. The van der Waals surface area contributed by atoms with Crippen molar-refractivity contribution in [1.82, 2.24) is 10.2 Å². The Labute approximate surface area is 161 Å². The van der Waals surface area contributed by atoms with Gasteiger partial charge >= 0.3 is 0 Å². The van der Waals surface area contributed by atoms with E-state index in [2.05, 4.69) is 5.32 Å². The SMILES string of the molecule is O=C(NC1CC1)c1ccc(N2CCN(C(=O)c3ccoc3)CC2)c([N+](=O)[O-])c1. The lowest BCUT2D eigenvalue weighted by Gasteiger charge is -2.35. The van der Waals surface area contributed by atoms with Gasteiger partial charge in [0.1, 0.15) is 12.0 Å². The molecule has 1 N–H and O–H groups in total. The maximum absolute atomic E-state index is 12.4. The molecule has 146 valence electrons. The molecular weight excluding hydrogens is 364 g/mol. The second-order valence-electron chi connectivity index (χ2n) is 7.00. The molecule has 1 aromatic heterocycles. The quantitative estimate of drug-likeness (QED) is 0.624. The molecule has 1 saturated carbocycles. The Bertz CT molecular complexity index is 899. The van der Waals surface area contributed by atoms with Gasteiger partial charge in [-0.25, -0.2) is 0 Å². The summed E-state index contributed by atoms with van der Waals surface area (Å²) in [4.78, 5) is 39.3. The van der Waals surface area contributed by atoms with E-state index in [1.54, 1.807) is 23.1 Å². The highest BCUT2D eigenvalue weighted by atomic mass is 16.6. The maximum Gasteiger partial charge on any atom is 0.293 e. The predicted octanol–water partition coefficient (Wildman–Crippen LogP) is 2.04. The number of piperazine rings is 1. The Morgan fingerprint density at radius 2 is 1.86 bits per heavy atom. The van der Waals surface area contributed by atoms with Gasteiger partial charge in [-0.05, 0) is 31.0 Å². The molecule has 0 radical (unpaired) electrons. The van der Waals surface area contributed by atoms with E-state index in [4.69, 9.17) is 4.42 Å². The van der Waals surface area contributed by atoms with Crippen LogP contribution in [0.2, 0.25) is 0 Å². The van der Waals surface area contributed by atoms with Crippen LogP contribution >= 0.6 is 0 Å². The normalized spacial score (nSPS) is 16.7. The average Bonchev–Trinajstić information content (AvgIpc) is 3.35. The van der Waals surface area contributed by atoms with E-state index >= 15 is 0 Å². The van der Waals surface area contributed by atoms with Gasteiger partial charge in [0.2, 0.25) is 0 Å². The largest absolute Gasteiger partial charge is 0.472 e. The molecule has 0 bridgehead atoms. The van der Waals surface area contributed by atoms with Crippen LogP contribution in [0.3, 0.4) is 0 Å². The van der Waals surface area contributed by atoms with E-state index < -0.39 is 4.92 Å². The zero-order valence-electron chi connectivity index (χ0n) is 15.2. The van der Waals surface area contributed by atoms with Gasteiger partial charge in [-0.1, -0.05) is 0 Å². The van der Waals surface area contributed by atoms with Gasteiger partial charge in [0, 0.05) is 43.9 Å². The van der Waals surface area contributed by atoms with Crippen LogP contribution in [0.15, 0.2) is 41.2 Å². The lowest BCUT2D eigenvalue weighted by atomic mass is 10.1. The number of amides is 2. The number of hydrogen-bond acceptors (Lipinski definition) is 6. The Morgan fingerprint density at radius 3 is 2.46 bits per heavy atom. The van der Waals surface area contributed by atoms with Crippen molar-refractivity contribution in [2.24, 2.45) is 0 Å². The molecule has 1 saturated heterocycles. The molecule has 1 aromatic carbocycles. The van der Waals surface area contributed by atoms with Crippen LogP contribution in [0, 0.1) is 10.1 Å². The number of nitro groups is 1. The van der Waals surface area contributed by atoms with Crippen LogP contribution in [-0.2, 0) is 0 Å². The second-order valence-corrected chi connectivity index (χ2v) is 7.00. The van der Waals surface area contributed by atoms with Crippen LogP contribution in [0.25, 0.3) is 0 Å². The van der Waals surface area contributed by atoms with Crippen LogP contribution in [-0.4, -0.2) is 53.9 Å². The fourth-order valence-electron chi connectivity index (χ4n) is 3.29. The molecule has 2 heterocycles. The van der Waals surface area contributed by atoms with Crippen molar-refractivity contribution in [3.8, 4) is 0 Å². The van der Waals surface area contributed by atoms with Gasteiger partial charge in [-0.2, -0.15) is 0 Å². The molecule has 0 atom stereocenters. The second kappa shape index (κ2) is 7.34. The van der Waals surface area contributed by atoms with Gasteiger partial charge in [0.05, 0.1) is 16.7 Å². The topological polar surface area (TPSA) is 109 Å². The molecule has 4 rings (SSSR count). The summed E-state index contributed by atoms with van der Waals surface area (Å²) < 4.78 is 4.95. The molecule has 9 heteroatoms. The van der Waals surface area contributed by atoms with E-state index in [1.165, 1.54) is 18.6 Å². The number of nitrogens with zero attached hydrogens (tertiary/aromatic N) is 3. The van der Waals surface area contributed by atoms with Gasteiger partial charge in [-0.3, -0.25) is 19.7 Å². The summed E-state index contributed by atoms with van der Waals surface area (Å²) in [6.45, 7) is 1.84. The zero-order valence-corrected chi connectivity index (χ0v) is 15.2. The third-order valence-electron chi connectivity index (χ3n) is 5.02. The lowest BCUT2D eigenvalue weighted by Crippen LogP contribution is -2.48.